The van der Waals surface area contributed by atoms with Crippen LogP contribution in [0.25, 0.3) is 0 Å². The Kier molecular flexibility index (Phi) is 6.27. The van der Waals surface area contributed by atoms with Crippen LogP contribution in [0.2, 0.25) is 0 Å². The van der Waals surface area contributed by atoms with Crippen LogP contribution in [-0.2, 0) is 14.3 Å². The number of imide groups is 1. The number of amides is 3. The van der Waals surface area contributed by atoms with E-state index < -0.39 is 24.0 Å². The van der Waals surface area contributed by atoms with Gasteiger partial charge in [0.05, 0.1) is 17.2 Å². The Balaban J connectivity index is 1.40. The van der Waals surface area contributed by atoms with Gasteiger partial charge in [-0.25, -0.2) is 0 Å². The Bertz CT molecular complexity index is 832. The van der Waals surface area contributed by atoms with Gasteiger partial charge in [-0.3, -0.25) is 24.1 Å². The molecule has 8 nitrogen and oxygen atoms in total. The number of carbonyl (C=O) groups excluding carboxylic acids is 4. The zero-order valence-electron chi connectivity index (χ0n) is 16.1. The topological polar surface area (TPSA) is 117 Å². The monoisotopic (exact) mass is 397 g/mol. The Labute approximate surface area is 168 Å². The molecule has 0 atom stereocenters. The van der Waals surface area contributed by atoms with Gasteiger partial charge >= 0.3 is 5.97 Å². The van der Waals surface area contributed by atoms with Crippen molar-refractivity contribution in [3.8, 4) is 6.07 Å². The van der Waals surface area contributed by atoms with Crippen molar-refractivity contribution in [2.75, 3.05) is 13.2 Å². The van der Waals surface area contributed by atoms with Crippen molar-refractivity contribution in [2.45, 2.75) is 50.5 Å². The largest absolute Gasteiger partial charge is 0.456 e. The lowest BCUT2D eigenvalue weighted by Crippen LogP contribution is -2.50. The molecule has 1 aromatic carbocycles. The zero-order chi connectivity index (χ0) is 20.9. The smallest absolute Gasteiger partial charge is 0.306 e. The molecule has 0 spiro atoms. The molecule has 2 aliphatic rings. The number of benzene rings is 1. The maximum Gasteiger partial charge on any atom is 0.306 e. The summed E-state index contributed by atoms with van der Waals surface area (Å²) < 4.78 is 4.97. The minimum Gasteiger partial charge on any atom is -0.456 e. The summed E-state index contributed by atoms with van der Waals surface area (Å²) in [5.41, 5.74) is -0.135. The van der Waals surface area contributed by atoms with Gasteiger partial charge < -0.3 is 10.1 Å². The average molecular weight is 397 g/mol. The van der Waals surface area contributed by atoms with Crippen molar-refractivity contribution in [1.82, 2.24) is 10.2 Å². The molecule has 152 valence electrons. The van der Waals surface area contributed by atoms with Gasteiger partial charge in [-0.15, -0.1) is 0 Å². The van der Waals surface area contributed by atoms with Gasteiger partial charge in [-0.05, 0) is 31.4 Å². The summed E-state index contributed by atoms with van der Waals surface area (Å²) in [4.78, 5) is 49.6. The highest BCUT2D eigenvalue weighted by Gasteiger charge is 2.35. The number of nitrogens with zero attached hydrogens (tertiary/aromatic N) is 2. The van der Waals surface area contributed by atoms with Crippen LogP contribution in [0.1, 0.15) is 65.7 Å². The fourth-order valence-electron chi connectivity index (χ4n) is 3.76. The predicted octanol–water partition coefficient (Wildman–Crippen LogP) is 1.95. The third kappa shape index (κ3) is 4.62. The van der Waals surface area contributed by atoms with E-state index in [1.54, 1.807) is 24.3 Å². The quantitative estimate of drug-likeness (QED) is 0.555. The molecule has 0 unspecified atom stereocenters. The first-order valence-corrected chi connectivity index (χ1v) is 9.79. The number of esters is 1. The molecule has 0 aromatic heterocycles. The van der Waals surface area contributed by atoms with E-state index in [0.717, 1.165) is 24.2 Å². The fraction of sp³-hybridized carbons (Fsp3) is 0.476. The first-order valence-electron chi connectivity index (χ1n) is 9.79. The van der Waals surface area contributed by atoms with E-state index in [9.17, 15) is 24.4 Å². The van der Waals surface area contributed by atoms with E-state index in [0.29, 0.717) is 24.0 Å². The van der Waals surface area contributed by atoms with Crippen molar-refractivity contribution in [3.05, 3.63) is 35.4 Å². The van der Waals surface area contributed by atoms with Crippen molar-refractivity contribution in [2.24, 2.45) is 0 Å². The third-order valence-corrected chi connectivity index (χ3v) is 5.30. The second-order valence-electron chi connectivity index (χ2n) is 7.37. The Morgan fingerprint density at radius 2 is 1.72 bits per heavy atom. The summed E-state index contributed by atoms with van der Waals surface area (Å²) >= 11 is 0. The summed E-state index contributed by atoms with van der Waals surface area (Å²) in [5, 5.41) is 12.0. The van der Waals surface area contributed by atoms with Crippen LogP contribution >= 0.6 is 0 Å². The molecule has 1 saturated carbocycles. The summed E-state index contributed by atoms with van der Waals surface area (Å²) in [6.07, 6.45) is 4.23. The van der Waals surface area contributed by atoms with Crippen molar-refractivity contribution >= 4 is 23.7 Å². The van der Waals surface area contributed by atoms with E-state index in [1.807, 2.05) is 0 Å². The van der Waals surface area contributed by atoms with Crippen LogP contribution in [0.3, 0.4) is 0 Å². The molecular formula is C21H23N3O5. The molecule has 1 fully saturated rings. The summed E-state index contributed by atoms with van der Waals surface area (Å²) in [6.45, 7) is -0.347. The molecule has 0 radical (unpaired) electrons. The van der Waals surface area contributed by atoms with Gasteiger partial charge in [-0.1, -0.05) is 31.4 Å². The maximum atomic E-state index is 12.3. The van der Waals surface area contributed by atoms with Crippen molar-refractivity contribution in [3.63, 3.8) is 0 Å². The van der Waals surface area contributed by atoms with Gasteiger partial charge in [0.1, 0.15) is 5.54 Å². The second-order valence-corrected chi connectivity index (χ2v) is 7.37. The van der Waals surface area contributed by atoms with Crippen LogP contribution in [0.5, 0.6) is 0 Å². The van der Waals surface area contributed by atoms with Gasteiger partial charge in [0.25, 0.3) is 17.7 Å². The number of nitrogens with one attached hydrogen (secondary N) is 1. The lowest BCUT2D eigenvalue weighted by molar-refractivity contribution is -0.149. The molecule has 0 bridgehead atoms. The van der Waals surface area contributed by atoms with Crippen molar-refractivity contribution < 1.29 is 23.9 Å². The minimum absolute atomic E-state index is 0.0237. The molecule has 1 N–H and O–H groups in total. The number of fused-ring (bicyclic) bond motifs is 1. The molecule has 1 aromatic rings. The average Bonchev–Trinajstić information content (AvgIpc) is 2.98. The predicted molar refractivity (Wildman–Crippen MR) is 102 cm³/mol. The molecule has 29 heavy (non-hydrogen) atoms. The number of ether oxygens (including phenoxy) is 1. The van der Waals surface area contributed by atoms with Crippen LogP contribution in [0, 0.1) is 11.3 Å². The molecule has 0 saturated heterocycles. The molecule has 1 aliphatic heterocycles. The van der Waals surface area contributed by atoms with E-state index in [4.69, 9.17) is 4.74 Å². The van der Waals surface area contributed by atoms with Gasteiger partial charge in [0, 0.05) is 13.0 Å². The number of hydrogen-bond donors (Lipinski definition) is 1. The molecule has 1 aliphatic carbocycles. The lowest BCUT2D eigenvalue weighted by atomic mass is 9.83. The second kappa shape index (κ2) is 8.86. The standard InChI is InChI=1S/C21H23N3O5/c22-14-21(10-4-1-5-11-21)23-17(25)13-29-18(26)9-6-12-24-19(27)15-7-2-3-8-16(15)20(24)28/h2-3,7-8H,1,4-6,9-13H2,(H,23,25). The molecule has 3 rings (SSSR count). The first-order chi connectivity index (χ1) is 14.0. The maximum absolute atomic E-state index is 12.3. The number of carbonyl (C=O) groups is 4. The van der Waals surface area contributed by atoms with E-state index in [-0.39, 0.29) is 31.2 Å². The SMILES string of the molecule is N#CC1(NC(=O)COC(=O)CCCN2C(=O)c3ccccc3C2=O)CCCCC1. The van der Waals surface area contributed by atoms with Gasteiger partial charge in [-0.2, -0.15) is 5.26 Å². The summed E-state index contributed by atoms with van der Waals surface area (Å²) in [6, 6.07) is 8.76. The highest BCUT2D eigenvalue weighted by atomic mass is 16.5. The highest BCUT2D eigenvalue weighted by molar-refractivity contribution is 6.21. The molecule has 1 heterocycles. The third-order valence-electron chi connectivity index (χ3n) is 5.30. The van der Waals surface area contributed by atoms with Crippen LogP contribution in [-0.4, -0.2) is 47.3 Å². The Hall–Kier alpha value is -3.21. The van der Waals surface area contributed by atoms with Crippen molar-refractivity contribution in [1.29, 1.82) is 5.26 Å². The molecular weight excluding hydrogens is 374 g/mol. The number of hydrogen-bond acceptors (Lipinski definition) is 6. The Morgan fingerprint density at radius 1 is 1.10 bits per heavy atom. The van der Waals surface area contributed by atoms with E-state index in [2.05, 4.69) is 11.4 Å². The molecule has 8 heteroatoms. The van der Waals surface area contributed by atoms with Gasteiger partial charge in [0.2, 0.25) is 0 Å². The number of nitriles is 1. The van der Waals surface area contributed by atoms with E-state index in [1.165, 1.54) is 0 Å². The zero-order valence-corrected chi connectivity index (χ0v) is 16.1. The lowest BCUT2D eigenvalue weighted by Gasteiger charge is -2.31. The molecule has 3 amide bonds. The minimum atomic E-state index is -0.868. The first kappa shape index (κ1) is 20.5. The van der Waals surface area contributed by atoms with E-state index >= 15 is 0 Å². The van der Waals surface area contributed by atoms with Crippen LogP contribution in [0.15, 0.2) is 24.3 Å². The highest BCUT2D eigenvalue weighted by Crippen LogP contribution is 2.27. The van der Waals surface area contributed by atoms with Crippen LogP contribution in [0.4, 0.5) is 0 Å². The normalized spacial score (nSPS) is 17.4. The summed E-state index contributed by atoms with van der Waals surface area (Å²) in [5.74, 6) is -1.83. The summed E-state index contributed by atoms with van der Waals surface area (Å²) in [7, 11) is 0. The van der Waals surface area contributed by atoms with Gasteiger partial charge in [0.15, 0.2) is 6.61 Å². The fourth-order valence-corrected chi connectivity index (χ4v) is 3.76. The Morgan fingerprint density at radius 3 is 2.31 bits per heavy atom. The van der Waals surface area contributed by atoms with Crippen LogP contribution < -0.4 is 5.32 Å². The number of rotatable bonds is 7.